The molecule has 3 heterocycles. The van der Waals surface area contributed by atoms with Gasteiger partial charge in [0.05, 0.1) is 19.2 Å². The summed E-state index contributed by atoms with van der Waals surface area (Å²) in [4.78, 5) is 31.8. The Hall–Kier alpha value is -3.13. The number of piperidine rings is 1. The van der Waals surface area contributed by atoms with Gasteiger partial charge >= 0.3 is 6.03 Å². The number of hydrogen-bond donors (Lipinski definition) is 3. The summed E-state index contributed by atoms with van der Waals surface area (Å²) in [5, 5.41) is 9.12. The van der Waals surface area contributed by atoms with Crippen LogP contribution in [-0.2, 0) is 4.79 Å². The van der Waals surface area contributed by atoms with Crippen molar-refractivity contribution in [2.24, 2.45) is 5.92 Å². The molecule has 1 aromatic carbocycles. The summed E-state index contributed by atoms with van der Waals surface area (Å²) in [6, 6.07) is 12.7. The highest BCUT2D eigenvalue weighted by Crippen LogP contribution is 2.28. The van der Waals surface area contributed by atoms with Crippen molar-refractivity contribution in [2.45, 2.75) is 18.4 Å². The van der Waals surface area contributed by atoms with Crippen LogP contribution in [0.15, 0.2) is 48.7 Å². The average molecular weight is 409 g/mol. The number of likely N-dealkylation sites (tertiary alicyclic amines) is 1. The molecule has 2 aromatic rings. The zero-order valence-corrected chi connectivity index (χ0v) is 17.0. The lowest BCUT2D eigenvalue weighted by atomic mass is 9.87. The molecular formula is C22H27N5O3. The van der Waals surface area contributed by atoms with Crippen LogP contribution in [0.3, 0.4) is 0 Å². The van der Waals surface area contributed by atoms with E-state index in [1.165, 1.54) is 0 Å². The maximum Gasteiger partial charge on any atom is 0.319 e. The smallest absolute Gasteiger partial charge is 0.319 e. The molecule has 0 unspecified atom stereocenters. The van der Waals surface area contributed by atoms with E-state index < -0.39 is 0 Å². The quantitative estimate of drug-likeness (QED) is 0.700. The first-order valence-electron chi connectivity index (χ1n) is 10.3. The third-order valence-electron chi connectivity index (χ3n) is 5.78. The van der Waals surface area contributed by atoms with Gasteiger partial charge in [0, 0.05) is 49.5 Å². The van der Waals surface area contributed by atoms with Crippen LogP contribution in [0.25, 0.3) is 0 Å². The molecule has 8 heteroatoms. The standard InChI is InChI=1S/C22H27N5O3/c1-30-17-7-8-19(24-13-17)18-14-27(21(28)15-11-23-12-15)10-9-20(18)26-22(29)25-16-5-3-2-4-6-16/h2-8,13,15,18,20,23H,9-12,14H2,1H3,(H2,25,26,29)/t18-,20+/m0/s1. The van der Waals surface area contributed by atoms with Gasteiger partial charge in [-0.25, -0.2) is 4.79 Å². The van der Waals surface area contributed by atoms with Crippen molar-refractivity contribution in [3.63, 3.8) is 0 Å². The van der Waals surface area contributed by atoms with Gasteiger partial charge in [0.1, 0.15) is 5.75 Å². The Bertz CT molecular complexity index is 870. The van der Waals surface area contributed by atoms with Crippen molar-refractivity contribution in [2.75, 3.05) is 38.6 Å². The lowest BCUT2D eigenvalue weighted by Crippen LogP contribution is -2.57. The minimum absolute atomic E-state index is 0.0559. The Balaban J connectivity index is 1.48. The van der Waals surface area contributed by atoms with Crippen LogP contribution in [0.2, 0.25) is 0 Å². The average Bonchev–Trinajstić information content (AvgIpc) is 2.73. The van der Waals surface area contributed by atoms with Crippen molar-refractivity contribution in [3.05, 3.63) is 54.4 Å². The van der Waals surface area contributed by atoms with Crippen molar-refractivity contribution in [1.82, 2.24) is 20.5 Å². The van der Waals surface area contributed by atoms with Crippen LogP contribution < -0.4 is 20.7 Å². The molecule has 3 N–H and O–H groups in total. The SMILES string of the molecule is COc1ccc([C@@H]2CN(C(=O)C3CNC3)CC[C@H]2NC(=O)Nc2ccccc2)nc1. The summed E-state index contributed by atoms with van der Waals surface area (Å²) >= 11 is 0. The van der Waals surface area contributed by atoms with Crippen molar-refractivity contribution < 1.29 is 14.3 Å². The Morgan fingerprint density at radius 2 is 1.97 bits per heavy atom. The summed E-state index contributed by atoms with van der Waals surface area (Å²) < 4.78 is 5.21. The number of carbonyl (C=O) groups is 2. The van der Waals surface area contributed by atoms with Gasteiger partial charge in [0.15, 0.2) is 0 Å². The van der Waals surface area contributed by atoms with E-state index in [1.54, 1.807) is 13.3 Å². The van der Waals surface area contributed by atoms with Gasteiger partial charge in [-0.3, -0.25) is 9.78 Å². The lowest BCUT2D eigenvalue weighted by Gasteiger charge is -2.41. The highest BCUT2D eigenvalue weighted by atomic mass is 16.5. The number of para-hydroxylation sites is 1. The second-order valence-corrected chi connectivity index (χ2v) is 7.73. The maximum atomic E-state index is 12.8. The number of urea groups is 1. The molecule has 2 saturated heterocycles. The number of nitrogens with zero attached hydrogens (tertiary/aromatic N) is 2. The molecule has 0 aliphatic carbocycles. The molecule has 0 spiro atoms. The van der Waals surface area contributed by atoms with Crippen LogP contribution in [0.1, 0.15) is 18.0 Å². The van der Waals surface area contributed by atoms with Gasteiger partial charge in [0.25, 0.3) is 0 Å². The normalized spacial score (nSPS) is 21.4. The number of methoxy groups -OCH3 is 1. The molecule has 1 aromatic heterocycles. The van der Waals surface area contributed by atoms with E-state index in [0.717, 1.165) is 24.5 Å². The minimum atomic E-state index is -0.257. The summed E-state index contributed by atoms with van der Waals surface area (Å²) in [5.74, 6) is 0.817. The molecule has 158 valence electrons. The number of rotatable bonds is 5. The molecule has 8 nitrogen and oxygen atoms in total. The number of pyridine rings is 1. The molecule has 0 radical (unpaired) electrons. The second kappa shape index (κ2) is 9.13. The van der Waals surface area contributed by atoms with Crippen LogP contribution in [-0.4, -0.2) is 61.2 Å². The van der Waals surface area contributed by atoms with Crippen LogP contribution in [0.5, 0.6) is 5.75 Å². The Morgan fingerprint density at radius 3 is 2.60 bits per heavy atom. The summed E-state index contributed by atoms with van der Waals surface area (Å²) in [6.45, 7) is 2.63. The Labute approximate surface area is 176 Å². The molecule has 2 aliphatic heterocycles. The number of benzene rings is 1. The van der Waals surface area contributed by atoms with Gasteiger partial charge in [-0.1, -0.05) is 18.2 Å². The minimum Gasteiger partial charge on any atom is -0.495 e. The zero-order valence-electron chi connectivity index (χ0n) is 17.0. The van der Waals surface area contributed by atoms with E-state index in [4.69, 9.17) is 4.74 Å². The number of aromatic nitrogens is 1. The molecule has 4 rings (SSSR count). The number of hydrogen-bond acceptors (Lipinski definition) is 5. The summed E-state index contributed by atoms with van der Waals surface area (Å²) in [5.41, 5.74) is 1.57. The zero-order chi connectivity index (χ0) is 20.9. The predicted molar refractivity (Wildman–Crippen MR) is 113 cm³/mol. The maximum absolute atomic E-state index is 12.8. The highest BCUT2D eigenvalue weighted by Gasteiger charge is 2.37. The molecule has 2 atom stereocenters. The largest absolute Gasteiger partial charge is 0.495 e. The van der Waals surface area contributed by atoms with Crippen LogP contribution in [0, 0.1) is 5.92 Å². The van der Waals surface area contributed by atoms with Gasteiger partial charge in [-0.2, -0.15) is 0 Å². The van der Waals surface area contributed by atoms with Gasteiger partial charge in [-0.15, -0.1) is 0 Å². The number of ether oxygens (including phenoxy) is 1. The molecular weight excluding hydrogens is 382 g/mol. The van der Waals surface area contributed by atoms with Crippen LogP contribution >= 0.6 is 0 Å². The number of carbonyl (C=O) groups excluding carboxylic acids is 2. The molecule has 0 bridgehead atoms. The fourth-order valence-electron chi connectivity index (χ4n) is 3.94. The van der Waals surface area contributed by atoms with E-state index in [0.29, 0.717) is 25.3 Å². The first kappa shape index (κ1) is 20.2. The predicted octanol–water partition coefficient (Wildman–Crippen LogP) is 1.82. The fraction of sp³-hybridized carbons (Fsp3) is 0.409. The summed E-state index contributed by atoms with van der Waals surface area (Å²) in [7, 11) is 1.60. The topological polar surface area (TPSA) is 95.6 Å². The second-order valence-electron chi connectivity index (χ2n) is 7.73. The van der Waals surface area contributed by atoms with Crippen LogP contribution in [0.4, 0.5) is 10.5 Å². The highest BCUT2D eigenvalue weighted by molar-refractivity contribution is 5.89. The van der Waals surface area contributed by atoms with Gasteiger partial charge in [0.2, 0.25) is 5.91 Å². The van der Waals surface area contributed by atoms with Crippen molar-refractivity contribution >= 4 is 17.6 Å². The van der Waals surface area contributed by atoms with E-state index in [9.17, 15) is 9.59 Å². The Morgan fingerprint density at radius 1 is 1.17 bits per heavy atom. The van der Waals surface area contributed by atoms with Crippen molar-refractivity contribution in [3.8, 4) is 5.75 Å². The first-order valence-corrected chi connectivity index (χ1v) is 10.3. The summed E-state index contributed by atoms with van der Waals surface area (Å²) in [6.07, 6.45) is 2.35. The van der Waals surface area contributed by atoms with Crippen molar-refractivity contribution in [1.29, 1.82) is 0 Å². The van der Waals surface area contributed by atoms with E-state index in [1.807, 2.05) is 47.4 Å². The number of nitrogens with one attached hydrogen (secondary N) is 3. The lowest BCUT2D eigenvalue weighted by molar-refractivity contribution is -0.138. The third-order valence-corrected chi connectivity index (χ3v) is 5.78. The molecule has 0 saturated carbocycles. The third kappa shape index (κ3) is 4.54. The Kier molecular flexibility index (Phi) is 6.13. The number of amides is 3. The van der Waals surface area contributed by atoms with E-state index >= 15 is 0 Å². The number of anilines is 1. The monoisotopic (exact) mass is 409 g/mol. The molecule has 2 aliphatic rings. The fourth-order valence-corrected chi connectivity index (χ4v) is 3.94. The molecule has 30 heavy (non-hydrogen) atoms. The van der Waals surface area contributed by atoms with Gasteiger partial charge < -0.3 is 25.6 Å². The van der Waals surface area contributed by atoms with E-state index in [2.05, 4.69) is 20.9 Å². The first-order chi connectivity index (χ1) is 14.6. The van der Waals surface area contributed by atoms with E-state index in [-0.39, 0.29) is 29.8 Å². The molecule has 3 amide bonds. The molecule has 2 fully saturated rings. The van der Waals surface area contributed by atoms with Gasteiger partial charge in [-0.05, 0) is 30.7 Å².